The van der Waals surface area contributed by atoms with Crippen molar-refractivity contribution in [1.29, 1.82) is 0 Å². The first kappa shape index (κ1) is 21.6. The average Bonchev–Trinajstić information content (AvgIpc) is 3.28. The van der Waals surface area contributed by atoms with Gasteiger partial charge in [-0.05, 0) is 31.5 Å². The Labute approximate surface area is 173 Å². The van der Waals surface area contributed by atoms with Crippen molar-refractivity contribution in [3.05, 3.63) is 46.3 Å². The molecule has 3 aromatic rings. The van der Waals surface area contributed by atoms with Crippen LogP contribution in [0.2, 0.25) is 0 Å². The highest BCUT2D eigenvalue weighted by Crippen LogP contribution is 2.27. The van der Waals surface area contributed by atoms with Crippen molar-refractivity contribution >= 4 is 47.7 Å². The molecule has 0 radical (unpaired) electrons. The van der Waals surface area contributed by atoms with E-state index in [1.54, 1.807) is 0 Å². The molecule has 0 spiro atoms. The van der Waals surface area contributed by atoms with Gasteiger partial charge in [0.05, 0.1) is 5.01 Å². The number of likely N-dealkylation sites (tertiary alicyclic amines) is 1. The Morgan fingerprint density at radius 2 is 2.15 bits per heavy atom. The zero-order valence-electron chi connectivity index (χ0n) is 14.7. The highest BCUT2D eigenvalue weighted by molar-refractivity contribution is 7.09. The van der Waals surface area contributed by atoms with E-state index in [0.29, 0.717) is 25.2 Å². The minimum Gasteiger partial charge on any atom is -0.337 e. The lowest BCUT2D eigenvalue weighted by Crippen LogP contribution is -2.39. The van der Waals surface area contributed by atoms with E-state index < -0.39 is 0 Å². The SMILES string of the molecule is Cl.Cl.NCCc1nc(C(=O)N2CCCC(c3nnc4ccccn34)C2)cs1. The van der Waals surface area contributed by atoms with Crippen LogP contribution in [-0.2, 0) is 6.42 Å². The lowest BCUT2D eigenvalue weighted by molar-refractivity contribution is 0.0699. The number of thiazole rings is 1. The van der Waals surface area contributed by atoms with Gasteiger partial charge in [-0.25, -0.2) is 4.98 Å². The summed E-state index contributed by atoms with van der Waals surface area (Å²) in [5.41, 5.74) is 6.93. The molecule has 146 valence electrons. The molecule has 1 unspecified atom stereocenters. The molecule has 4 heterocycles. The number of nitrogens with zero attached hydrogens (tertiary/aromatic N) is 5. The summed E-state index contributed by atoms with van der Waals surface area (Å²) in [6, 6.07) is 5.86. The molecule has 27 heavy (non-hydrogen) atoms. The smallest absolute Gasteiger partial charge is 0.273 e. The minimum absolute atomic E-state index is 0. The molecule has 3 aromatic heterocycles. The van der Waals surface area contributed by atoms with Crippen molar-refractivity contribution in [3.8, 4) is 0 Å². The second-order valence-electron chi connectivity index (χ2n) is 6.24. The number of amides is 1. The van der Waals surface area contributed by atoms with E-state index in [9.17, 15) is 4.79 Å². The number of nitrogens with two attached hydrogens (primary N) is 1. The summed E-state index contributed by atoms with van der Waals surface area (Å²) in [7, 11) is 0. The van der Waals surface area contributed by atoms with Gasteiger partial charge >= 0.3 is 0 Å². The van der Waals surface area contributed by atoms with Crippen molar-refractivity contribution in [1.82, 2.24) is 24.5 Å². The van der Waals surface area contributed by atoms with Gasteiger partial charge in [-0.2, -0.15) is 0 Å². The van der Waals surface area contributed by atoms with Crippen molar-refractivity contribution in [2.75, 3.05) is 19.6 Å². The Kier molecular flexibility index (Phi) is 7.55. The predicted molar refractivity (Wildman–Crippen MR) is 110 cm³/mol. The molecular weight excluding hydrogens is 407 g/mol. The summed E-state index contributed by atoms with van der Waals surface area (Å²) >= 11 is 1.50. The monoisotopic (exact) mass is 428 g/mol. The second kappa shape index (κ2) is 9.45. The molecule has 0 aliphatic carbocycles. The maximum Gasteiger partial charge on any atom is 0.273 e. The van der Waals surface area contributed by atoms with Gasteiger partial charge in [-0.15, -0.1) is 46.3 Å². The van der Waals surface area contributed by atoms with Crippen LogP contribution in [0.15, 0.2) is 29.8 Å². The van der Waals surface area contributed by atoms with Gasteiger partial charge in [0.15, 0.2) is 5.65 Å². The van der Waals surface area contributed by atoms with Crippen molar-refractivity contribution in [2.45, 2.75) is 25.2 Å². The quantitative estimate of drug-likeness (QED) is 0.689. The van der Waals surface area contributed by atoms with Gasteiger partial charge in [0.25, 0.3) is 5.91 Å². The molecule has 2 N–H and O–H groups in total. The first-order valence-corrected chi connectivity index (χ1v) is 9.37. The van der Waals surface area contributed by atoms with E-state index in [4.69, 9.17) is 5.73 Å². The molecule has 1 fully saturated rings. The molecule has 1 aliphatic rings. The number of fused-ring (bicyclic) bond motifs is 1. The highest BCUT2D eigenvalue weighted by Gasteiger charge is 2.29. The van der Waals surface area contributed by atoms with Crippen molar-refractivity contribution < 1.29 is 4.79 Å². The largest absolute Gasteiger partial charge is 0.337 e. The first-order valence-electron chi connectivity index (χ1n) is 8.49. The van der Waals surface area contributed by atoms with Gasteiger partial charge in [0, 0.05) is 37.0 Å². The number of hydrogen-bond donors (Lipinski definition) is 1. The fourth-order valence-corrected chi connectivity index (χ4v) is 4.11. The third-order valence-corrected chi connectivity index (χ3v) is 5.45. The summed E-state index contributed by atoms with van der Waals surface area (Å²) in [5.74, 6) is 1.12. The van der Waals surface area contributed by atoms with Crippen molar-refractivity contribution in [3.63, 3.8) is 0 Å². The number of piperidine rings is 1. The topological polar surface area (TPSA) is 89.4 Å². The number of carbonyl (C=O) groups is 1. The summed E-state index contributed by atoms with van der Waals surface area (Å²) in [6.07, 6.45) is 4.66. The number of halogens is 2. The Morgan fingerprint density at radius 1 is 1.30 bits per heavy atom. The van der Waals surface area contributed by atoms with Crippen LogP contribution >= 0.6 is 36.2 Å². The molecule has 0 bridgehead atoms. The summed E-state index contributed by atoms with van der Waals surface area (Å²) < 4.78 is 2.01. The Morgan fingerprint density at radius 3 is 2.96 bits per heavy atom. The van der Waals surface area contributed by atoms with Gasteiger partial charge in [0.2, 0.25) is 0 Å². The van der Waals surface area contributed by atoms with Crippen LogP contribution in [0.5, 0.6) is 0 Å². The van der Waals surface area contributed by atoms with Crippen molar-refractivity contribution in [2.24, 2.45) is 5.73 Å². The number of rotatable bonds is 4. The summed E-state index contributed by atoms with van der Waals surface area (Å²) in [4.78, 5) is 19.1. The number of carbonyl (C=O) groups excluding carboxylic acids is 1. The van der Waals surface area contributed by atoms with Crippen LogP contribution in [0.4, 0.5) is 0 Å². The van der Waals surface area contributed by atoms with Crippen LogP contribution in [-0.4, -0.2) is 50.0 Å². The minimum atomic E-state index is -0.00181. The molecule has 0 aromatic carbocycles. The second-order valence-corrected chi connectivity index (χ2v) is 7.19. The fourth-order valence-electron chi connectivity index (χ4n) is 3.32. The molecular formula is C17H22Cl2N6OS. The van der Waals surface area contributed by atoms with E-state index in [0.717, 1.165) is 35.9 Å². The van der Waals surface area contributed by atoms with E-state index in [1.807, 2.05) is 39.1 Å². The lowest BCUT2D eigenvalue weighted by atomic mass is 9.97. The maximum absolute atomic E-state index is 12.8. The Bertz CT molecular complexity index is 898. The lowest BCUT2D eigenvalue weighted by Gasteiger charge is -2.31. The molecule has 0 saturated carbocycles. The van der Waals surface area contributed by atoms with E-state index in [-0.39, 0.29) is 36.6 Å². The molecule has 1 atom stereocenters. The fraction of sp³-hybridized carbons (Fsp3) is 0.412. The zero-order chi connectivity index (χ0) is 17.2. The maximum atomic E-state index is 12.8. The molecule has 7 nitrogen and oxygen atoms in total. The molecule has 1 saturated heterocycles. The van der Waals surface area contributed by atoms with Crippen LogP contribution in [0.1, 0.15) is 40.1 Å². The highest BCUT2D eigenvalue weighted by atomic mass is 35.5. The standard InChI is InChI=1S/C17H20N6OS.2ClH/c18-7-6-15-19-13(11-25-15)17(24)22-8-3-4-12(10-22)16-21-20-14-5-1-2-9-23(14)16;;/h1-2,5,9,11-12H,3-4,6-8,10,18H2;2*1H. The number of hydrogen-bond acceptors (Lipinski definition) is 6. The number of aromatic nitrogens is 4. The molecule has 4 rings (SSSR count). The van der Waals surface area contributed by atoms with Gasteiger partial charge in [0.1, 0.15) is 11.5 Å². The summed E-state index contributed by atoms with van der Waals surface area (Å²) in [5, 5.41) is 11.4. The van der Waals surface area contributed by atoms with Gasteiger partial charge < -0.3 is 10.6 Å². The Hall–Kier alpha value is -1.74. The average molecular weight is 429 g/mol. The third-order valence-electron chi connectivity index (χ3n) is 4.54. The van der Waals surface area contributed by atoms with Crippen LogP contribution in [0.25, 0.3) is 5.65 Å². The molecule has 1 aliphatic heterocycles. The number of pyridine rings is 1. The normalized spacial score (nSPS) is 16.6. The van der Waals surface area contributed by atoms with Crippen LogP contribution in [0.3, 0.4) is 0 Å². The van der Waals surface area contributed by atoms with E-state index >= 15 is 0 Å². The van der Waals surface area contributed by atoms with Crippen LogP contribution in [0, 0.1) is 0 Å². The predicted octanol–water partition coefficient (Wildman–Crippen LogP) is 2.55. The van der Waals surface area contributed by atoms with Crippen LogP contribution < -0.4 is 5.73 Å². The summed E-state index contributed by atoms with van der Waals surface area (Å²) in [6.45, 7) is 1.96. The Balaban J connectivity index is 0.00000131. The molecule has 10 heteroatoms. The van der Waals surface area contributed by atoms with E-state index in [1.165, 1.54) is 11.3 Å². The first-order chi connectivity index (χ1) is 12.3. The third kappa shape index (κ3) is 4.40. The van der Waals surface area contributed by atoms with E-state index in [2.05, 4.69) is 15.2 Å². The zero-order valence-corrected chi connectivity index (χ0v) is 17.1. The van der Waals surface area contributed by atoms with Gasteiger partial charge in [-0.1, -0.05) is 6.07 Å². The molecule has 1 amide bonds. The van der Waals surface area contributed by atoms with Gasteiger partial charge in [-0.3, -0.25) is 9.20 Å².